The molecule has 3 rings (SSSR count). The Morgan fingerprint density at radius 2 is 1.81 bits per heavy atom. The van der Waals surface area contributed by atoms with Crippen LogP contribution < -0.4 is 11.5 Å². The molecule has 2 fully saturated rings. The summed E-state index contributed by atoms with van der Waals surface area (Å²) in [5.41, 5.74) is 9.59. The number of amides is 3. The third-order valence-corrected chi connectivity index (χ3v) is 8.09. The number of likely N-dealkylation sites (tertiary alicyclic amines) is 1. The summed E-state index contributed by atoms with van der Waals surface area (Å²) in [6, 6.07) is 5.76. The molecule has 2 aliphatic rings. The Hall–Kier alpha value is -3.52. The summed E-state index contributed by atoms with van der Waals surface area (Å²) in [7, 11) is 1.17. The molecule has 5 atom stereocenters. The zero-order valence-corrected chi connectivity index (χ0v) is 24.9. The first-order valence-corrected chi connectivity index (χ1v) is 14.5. The number of hydrogen-bond acceptors (Lipinski definition) is 11. The predicted molar refractivity (Wildman–Crippen MR) is 153 cm³/mol. The highest BCUT2D eigenvalue weighted by atomic mass is 35.5. The van der Waals surface area contributed by atoms with Crippen molar-refractivity contribution in [2.24, 2.45) is 17.4 Å². The van der Waals surface area contributed by atoms with Gasteiger partial charge in [0.25, 0.3) is 0 Å². The summed E-state index contributed by atoms with van der Waals surface area (Å²) in [6.07, 6.45) is -2.49. The number of unbranched alkanes of at least 4 members (excludes halogenated alkanes) is 1. The fourth-order valence-corrected chi connectivity index (χ4v) is 5.86. The number of nitrogens with two attached hydrogens (primary N) is 2. The average molecular weight is 621 g/mol. The Morgan fingerprint density at radius 3 is 2.40 bits per heavy atom. The maximum absolute atomic E-state index is 14.5. The lowest BCUT2D eigenvalue weighted by Crippen LogP contribution is -2.71. The first-order chi connectivity index (χ1) is 20.5. The molecule has 43 heavy (non-hydrogen) atoms. The third kappa shape index (κ3) is 6.69. The molecule has 1 heterocycles. The molecule has 14 heteroatoms. The minimum absolute atomic E-state index is 0.108. The monoisotopic (exact) mass is 620 g/mol. The molecule has 1 aliphatic carbocycles. The number of alkyl halides is 1. The highest BCUT2D eigenvalue weighted by Gasteiger charge is 2.68. The Balaban J connectivity index is 2.12. The van der Waals surface area contributed by atoms with E-state index < -0.39 is 76.6 Å². The van der Waals surface area contributed by atoms with Crippen LogP contribution in [-0.2, 0) is 44.8 Å². The average Bonchev–Trinajstić information content (AvgIpc) is 3.42. The molecule has 234 valence electrons. The summed E-state index contributed by atoms with van der Waals surface area (Å²) in [5.74, 6) is -8.05. The molecule has 3 amide bonds. The van der Waals surface area contributed by atoms with E-state index in [4.69, 9.17) is 32.5 Å². The van der Waals surface area contributed by atoms with E-state index in [0.717, 1.165) is 4.90 Å². The minimum atomic E-state index is -2.54. The van der Waals surface area contributed by atoms with Crippen molar-refractivity contribution in [3.63, 3.8) is 0 Å². The fourth-order valence-electron chi connectivity index (χ4n) is 5.74. The Kier molecular flexibility index (Phi) is 11.7. The second-order valence-corrected chi connectivity index (χ2v) is 10.8. The van der Waals surface area contributed by atoms with Crippen molar-refractivity contribution in [3.05, 3.63) is 35.9 Å². The molecule has 13 nitrogen and oxygen atoms in total. The number of hydrogen-bond donors (Lipinski definition) is 2. The number of rotatable bonds is 13. The van der Waals surface area contributed by atoms with Crippen molar-refractivity contribution in [2.75, 3.05) is 26.1 Å². The van der Waals surface area contributed by atoms with Crippen LogP contribution in [-0.4, -0.2) is 101 Å². The van der Waals surface area contributed by atoms with Crippen molar-refractivity contribution in [1.29, 1.82) is 0 Å². The van der Waals surface area contributed by atoms with E-state index in [1.807, 2.05) is 0 Å². The zero-order chi connectivity index (χ0) is 31.9. The third-order valence-electron chi connectivity index (χ3n) is 7.84. The summed E-state index contributed by atoms with van der Waals surface area (Å²) in [5, 5.41) is 0. The van der Waals surface area contributed by atoms with Crippen molar-refractivity contribution in [1.82, 2.24) is 9.80 Å². The number of ketones is 4. The van der Waals surface area contributed by atoms with E-state index in [1.165, 1.54) is 14.0 Å². The lowest BCUT2D eigenvalue weighted by atomic mass is 9.67. The maximum Gasteiger partial charge on any atom is 0.417 e. The van der Waals surface area contributed by atoms with Gasteiger partial charge in [-0.15, -0.1) is 11.6 Å². The second-order valence-electron chi connectivity index (χ2n) is 10.6. The molecule has 4 N–H and O–H groups in total. The van der Waals surface area contributed by atoms with Crippen LogP contribution in [0.25, 0.3) is 0 Å². The van der Waals surface area contributed by atoms with Gasteiger partial charge >= 0.3 is 6.09 Å². The zero-order valence-electron chi connectivity index (χ0n) is 24.2. The van der Waals surface area contributed by atoms with Crippen molar-refractivity contribution in [2.45, 2.75) is 69.4 Å². The summed E-state index contributed by atoms with van der Waals surface area (Å²) in [6.45, 7) is 1.05. The van der Waals surface area contributed by atoms with Gasteiger partial charge in [-0.05, 0) is 44.7 Å². The number of carbonyl (C=O) groups excluding carboxylic acids is 7. The highest BCUT2D eigenvalue weighted by molar-refractivity contribution is 6.53. The maximum atomic E-state index is 14.5. The number of benzene rings is 1. The number of halogens is 1. The number of Topliss-reactive ketones (excluding diaryl/α,β-unsaturated/α-hetero) is 4. The molecule has 0 radical (unpaired) electrons. The number of ether oxygens (including phenoxy) is 2. The number of nitrogens with zero attached hydrogens (tertiary/aromatic N) is 2. The molecule has 0 spiro atoms. The lowest BCUT2D eigenvalue weighted by molar-refractivity contribution is -0.168. The standard InChI is InChI=1S/C29H37ClN4O9/c1-17(32)26(39)34(28(41)43-16-18-8-4-3-5-9-18)20(10-6-7-12-31)27(40)33-13-11-19-21(35)14-23(42-2)25(38)29(19,33)24(37)22(36)15-30/h3-5,8-9,17,19-20,23H,6-7,10-16,31-32H2,1-2H3/t17-,19?,20-,23?,29+/m0/s1. The van der Waals surface area contributed by atoms with Crippen LogP contribution in [0, 0.1) is 5.92 Å². The minimum Gasteiger partial charge on any atom is -0.444 e. The molecule has 0 bridgehead atoms. The van der Waals surface area contributed by atoms with Crippen LogP contribution in [0.2, 0.25) is 0 Å². The Bertz CT molecular complexity index is 1260. The summed E-state index contributed by atoms with van der Waals surface area (Å²) < 4.78 is 10.6. The van der Waals surface area contributed by atoms with Gasteiger partial charge in [0.05, 0.1) is 17.8 Å². The van der Waals surface area contributed by atoms with E-state index in [9.17, 15) is 33.6 Å². The first kappa shape index (κ1) is 34.0. The van der Waals surface area contributed by atoms with E-state index >= 15 is 0 Å². The van der Waals surface area contributed by atoms with E-state index in [2.05, 4.69) is 0 Å². The Morgan fingerprint density at radius 1 is 1.14 bits per heavy atom. The molecular weight excluding hydrogens is 584 g/mol. The van der Waals surface area contributed by atoms with Crippen molar-refractivity contribution < 1.29 is 43.0 Å². The number of carbonyl (C=O) groups is 7. The molecule has 1 saturated carbocycles. The van der Waals surface area contributed by atoms with E-state index in [-0.39, 0.29) is 45.4 Å². The summed E-state index contributed by atoms with van der Waals surface area (Å²) >= 11 is 5.69. The molecule has 2 unspecified atom stereocenters. The van der Waals surface area contributed by atoms with Crippen LogP contribution in [0.5, 0.6) is 0 Å². The smallest absolute Gasteiger partial charge is 0.417 e. The quantitative estimate of drug-likeness (QED) is 0.135. The van der Waals surface area contributed by atoms with Crippen LogP contribution in [0.4, 0.5) is 4.79 Å². The van der Waals surface area contributed by atoms with Crippen LogP contribution in [0.1, 0.15) is 44.6 Å². The molecular formula is C29H37ClN4O9. The predicted octanol–water partition coefficient (Wildman–Crippen LogP) is 0.518. The summed E-state index contributed by atoms with van der Waals surface area (Å²) in [4.78, 5) is 96.2. The van der Waals surface area contributed by atoms with Gasteiger partial charge in [0.15, 0.2) is 11.3 Å². The van der Waals surface area contributed by atoms with Crippen molar-refractivity contribution in [3.8, 4) is 0 Å². The van der Waals surface area contributed by atoms with Crippen molar-refractivity contribution >= 4 is 52.6 Å². The number of fused-ring (bicyclic) bond motifs is 1. The van der Waals surface area contributed by atoms with Crippen LogP contribution in [0.15, 0.2) is 30.3 Å². The van der Waals surface area contributed by atoms with Gasteiger partial charge in [-0.2, -0.15) is 0 Å². The number of imide groups is 1. The lowest BCUT2D eigenvalue weighted by Gasteiger charge is -2.44. The fraction of sp³-hybridized carbons (Fsp3) is 0.552. The largest absolute Gasteiger partial charge is 0.444 e. The normalized spacial score (nSPS) is 22.9. The topological polar surface area (TPSA) is 196 Å². The Labute approximate surface area is 254 Å². The first-order valence-electron chi connectivity index (χ1n) is 14.0. The highest BCUT2D eigenvalue weighted by Crippen LogP contribution is 2.44. The SMILES string of the molecule is COC1CC(=O)C2CCN(C(=O)[C@H](CCCCN)N(C(=O)OCc3ccccc3)C(=O)[C@H](C)N)[C@]2(C(=O)C(=O)CCl)C1=O. The molecule has 1 saturated heterocycles. The second kappa shape index (κ2) is 14.8. The van der Waals surface area contributed by atoms with E-state index in [1.54, 1.807) is 30.3 Å². The van der Waals surface area contributed by atoms with Gasteiger partial charge in [0, 0.05) is 20.1 Å². The van der Waals surface area contributed by atoms with Gasteiger partial charge < -0.3 is 25.8 Å². The molecule has 1 aliphatic heterocycles. The van der Waals surface area contributed by atoms with Gasteiger partial charge in [-0.25, -0.2) is 9.69 Å². The van der Waals surface area contributed by atoms with E-state index in [0.29, 0.717) is 16.9 Å². The molecule has 1 aromatic rings. The molecule has 0 aromatic heterocycles. The van der Waals surface area contributed by atoms with Gasteiger partial charge in [-0.1, -0.05) is 30.3 Å². The van der Waals surface area contributed by atoms with Crippen LogP contribution >= 0.6 is 11.6 Å². The number of methoxy groups -OCH3 is 1. The van der Waals surface area contributed by atoms with Gasteiger partial charge in [-0.3, -0.25) is 28.8 Å². The van der Waals surface area contributed by atoms with Gasteiger partial charge in [0.2, 0.25) is 23.4 Å². The van der Waals surface area contributed by atoms with Gasteiger partial charge in [0.1, 0.15) is 24.5 Å². The van der Waals surface area contributed by atoms with Crippen LogP contribution in [0.3, 0.4) is 0 Å². The molecule has 1 aromatic carbocycles.